The minimum atomic E-state index is -0.0380. The van der Waals surface area contributed by atoms with Gasteiger partial charge in [-0.05, 0) is 38.5 Å². The molecule has 78 valence electrons. The molecule has 2 nitrogen and oxygen atoms in total. The summed E-state index contributed by atoms with van der Waals surface area (Å²) in [5.74, 6) is 1.32. The maximum atomic E-state index is 9.36. The van der Waals surface area contributed by atoms with Crippen LogP contribution in [-0.2, 0) is 0 Å². The summed E-state index contributed by atoms with van der Waals surface area (Å²) in [6, 6.07) is 0.484. The minimum absolute atomic E-state index is 0.0380. The van der Waals surface area contributed by atoms with Crippen LogP contribution in [-0.4, -0.2) is 23.3 Å². The summed E-state index contributed by atoms with van der Waals surface area (Å²) >= 11 is 0. The van der Waals surface area contributed by atoms with Gasteiger partial charge < -0.3 is 10.4 Å². The number of hydrogen-bond donors (Lipinski definition) is 2. The molecule has 2 N–H and O–H groups in total. The van der Waals surface area contributed by atoms with Gasteiger partial charge in [0.05, 0.1) is 6.61 Å². The molecule has 0 aromatic rings. The molecule has 0 heterocycles. The van der Waals surface area contributed by atoms with E-state index in [0.717, 1.165) is 0 Å². The van der Waals surface area contributed by atoms with Crippen LogP contribution in [0.5, 0.6) is 0 Å². The maximum absolute atomic E-state index is 9.36. The van der Waals surface area contributed by atoms with E-state index in [4.69, 9.17) is 0 Å². The van der Waals surface area contributed by atoms with Crippen LogP contribution in [0.4, 0.5) is 0 Å². The Morgan fingerprint density at radius 3 is 2.23 bits per heavy atom. The highest BCUT2D eigenvalue weighted by atomic mass is 16.3. The third-order valence-electron chi connectivity index (χ3n) is 3.36. The van der Waals surface area contributed by atoms with Crippen molar-refractivity contribution in [2.24, 2.45) is 11.8 Å². The second-order valence-corrected chi connectivity index (χ2v) is 5.03. The van der Waals surface area contributed by atoms with Crippen molar-refractivity contribution in [2.75, 3.05) is 6.61 Å². The predicted molar refractivity (Wildman–Crippen MR) is 55.7 cm³/mol. The smallest absolute Gasteiger partial charge is 0.0613 e. The molecule has 13 heavy (non-hydrogen) atoms. The molecular formula is C11H23NO. The van der Waals surface area contributed by atoms with Crippen LogP contribution < -0.4 is 5.32 Å². The van der Waals surface area contributed by atoms with E-state index >= 15 is 0 Å². The number of hydrogen-bond acceptors (Lipinski definition) is 2. The first-order valence-electron chi connectivity index (χ1n) is 5.38. The van der Waals surface area contributed by atoms with Crippen LogP contribution in [0.1, 0.15) is 40.5 Å². The zero-order valence-corrected chi connectivity index (χ0v) is 9.30. The van der Waals surface area contributed by atoms with Crippen LogP contribution in [0, 0.1) is 11.8 Å². The van der Waals surface area contributed by atoms with Crippen molar-refractivity contribution in [1.82, 2.24) is 5.32 Å². The standard InChI is InChI=1S/C11H23NO/c1-8(2)9(3)12-11(4,7-13)10-5-6-10/h8-10,12-13H,5-7H2,1-4H3. The average Bonchev–Trinajstić information content (AvgIpc) is 2.86. The van der Waals surface area contributed by atoms with E-state index in [0.29, 0.717) is 17.9 Å². The second kappa shape index (κ2) is 3.97. The summed E-state index contributed by atoms with van der Waals surface area (Å²) in [6.07, 6.45) is 2.55. The van der Waals surface area contributed by atoms with Gasteiger partial charge in [0.1, 0.15) is 0 Å². The lowest BCUT2D eigenvalue weighted by atomic mass is 9.93. The molecule has 0 aromatic heterocycles. The summed E-state index contributed by atoms with van der Waals surface area (Å²) in [5.41, 5.74) is -0.0380. The fourth-order valence-corrected chi connectivity index (χ4v) is 1.70. The van der Waals surface area contributed by atoms with Crippen molar-refractivity contribution in [2.45, 2.75) is 52.1 Å². The summed E-state index contributed by atoms with van der Waals surface area (Å²) in [7, 11) is 0. The highest BCUT2D eigenvalue weighted by molar-refractivity contribution is 4.98. The van der Waals surface area contributed by atoms with Crippen LogP contribution in [0.15, 0.2) is 0 Å². The maximum Gasteiger partial charge on any atom is 0.0613 e. The highest BCUT2D eigenvalue weighted by Gasteiger charge is 2.41. The van der Waals surface area contributed by atoms with E-state index in [-0.39, 0.29) is 12.1 Å². The SMILES string of the molecule is CC(C)C(C)NC(C)(CO)C1CC1. The Labute approximate surface area is 81.7 Å². The topological polar surface area (TPSA) is 32.3 Å². The molecule has 1 saturated carbocycles. The van der Waals surface area contributed by atoms with Crippen molar-refractivity contribution in [3.8, 4) is 0 Å². The molecule has 0 aliphatic heterocycles. The molecular weight excluding hydrogens is 162 g/mol. The van der Waals surface area contributed by atoms with Gasteiger partial charge in [-0.1, -0.05) is 13.8 Å². The third-order valence-corrected chi connectivity index (χ3v) is 3.36. The fourth-order valence-electron chi connectivity index (χ4n) is 1.70. The van der Waals surface area contributed by atoms with E-state index in [1.165, 1.54) is 12.8 Å². The van der Waals surface area contributed by atoms with Crippen LogP contribution in [0.25, 0.3) is 0 Å². The summed E-state index contributed by atoms with van der Waals surface area (Å²) in [5, 5.41) is 12.9. The van der Waals surface area contributed by atoms with E-state index in [9.17, 15) is 5.11 Å². The van der Waals surface area contributed by atoms with Gasteiger partial charge in [0.15, 0.2) is 0 Å². The number of aliphatic hydroxyl groups excluding tert-OH is 1. The van der Waals surface area contributed by atoms with Crippen LogP contribution >= 0.6 is 0 Å². The third kappa shape index (κ3) is 2.68. The quantitative estimate of drug-likeness (QED) is 0.684. The fraction of sp³-hybridized carbons (Fsp3) is 1.00. The molecule has 2 unspecified atom stereocenters. The number of aliphatic hydroxyl groups is 1. The molecule has 1 aliphatic rings. The normalized spacial score (nSPS) is 24.5. The molecule has 0 amide bonds. The van der Waals surface area contributed by atoms with Crippen molar-refractivity contribution >= 4 is 0 Å². The van der Waals surface area contributed by atoms with Gasteiger partial charge in [-0.2, -0.15) is 0 Å². The van der Waals surface area contributed by atoms with Gasteiger partial charge in [0.2, 0.25) is 0 Å². The molecule has 0 bridgehead atoms. The Bertz CT molecular complexity index is 165. The highest BCUT2D eigenvalue weighted by Crippen LogP contribution is 2.39. The summed E-state index contributed by atoms with van der Waals surface area (Å²) < 4.78 is 0. The molecule has 2 atom stereocenters. The van der Waals surface area contributed by atoms with Gasteiger partial charge in [-0.15, -0.1) is 0 Å². The largest absolute Gasteiger partial charge is 0.394 e. The predicted octanol–water partition coefficient (Wildman–Crippen LogP) is 1.78. The molecule has 0 spiro atoms. The van der Waals surface area contributed by atoms with Crippen molar-refractivity contribution in [3.63, 3.8) is 0 Å². The molecule has 0 saturated heterocycles. The summed E-state index contributed by atoms with van der Waals surface area (Å²) in [4.78, 5) is 0. The Morgan fingerprint density at radius 1 is 1.38 bits per heavy atom. The first kappa shape index (κ1) is 11.0. The lowest BCUT2D eigenvalue weighted by Crippen LogP contribution is -2.53. The van der Waals surface area contributed by atoms with Gasteiger partial charge >= 0.3 is 0 Å². The lowest BCUT2D eigenvalue weighted by molar-refractivity contribution is 0.135. The Hall–Kier alpha value is -0.0800. The minimum Gasteiger partial charge on any atom is -0.394 e. The first-order valence-corrected chi connectivity index (χ1v) is 5.38. The van der Waals surface area contributed by atoms with E-state index < -0.39 is 0 Å². The van der Waals surface area contributed by atoms with Crippen LogP contribution in [0.3, 0.4) is 0 Å². The zero-order valence-electron chi connectivity index (χ0n) is 9.30. The van der Waals surface area contributed by atoms with E-state index in [1.54, 1.807) is 0 Å². The molecule has 1 fully saturated rings. The first-order chi connectivity index (χ1) is 5.99. The average molecular weight is 185 g/mol. The van der Waals surface area contributed by atoms with E-state index in [2.05, 4.69) is 33.0 Å². The zero-order chi connectivity index (χ0) is 10.1. The van der Waals surface area contributed by atoms with Crippen molar-refractivity contribution < 1.29 is 5.11 Å². The van der Waals surface area contributed by atoms with Gasteiger partial charge in [0.25, 0.3) is 0 Å². The van der Waals surface area contributed by atoms with Gasteiger partial charge in [-0.3, -0.25) is 0 Å². The summed E-state index contributed by atoms with van der Waals surface area (Å²) in [6.45, 7) is 9.02. The van der Waals surface area contributed by atoms with Crippen molar-refractivity contribution in [1.29, 1.82) is 0 Å². The number of nitrogens with one attached hydrogen (secondary N) is 1. The Morgan fingerprint density at radius 2 is 1.92 bits per heavy atom. The lowest BCUT2D eigenvalue weighted by Gasteiger charge is -2.34. The van der Waals surface area contributed by atoms with Gasteiger partial charge in [0, 0.05) is 11.6 Å². The molecule has 0 aromatic carbocycles. The number of rotatable bonds is 5. The van der Waals surface area contributed by atoms with Crippen LogP contribution in [0.2, 0.25) is 0 Å². The Kier molecular flexibility index (Phi) is 3.36. The second-order valence-electron chi connectivity index (χ2n) is 5.03. The van der Waals surface area contributed by atoms with Gasteiger partial charge in [-0.25, -0.2) is 0 Å². The van der Waals surface area contributed by atoms with Crippen molar-refractivity contribution in [3.05, 3.63) is 0 Å². The van der Waals surface area contributed by atoms with E-state index in [1.807, 2.05) is 0 Å². The molecule has 0 radical (unpaired) electrons. The molecule has 2 heteroatoms. The Balaban J connectivity index is 2.47. The monoisotopic (exact) mass is 185 g/mol. The molecule has 1 aliphatic carbocycles. The molecule has 1 rings (SSSR count).